The van der Waals surface area contributed by atoms with Crippen LogP contribution in [0.3, 0.4) is 0 Å². The second kappa shape index (κ2) is 5.43. The molecule has 0 radical (unpaired) electrons. The van der Waals surface area contributed by atoms with Crippen LogP contribution in [0.2, 0.25) is 0 Å². The fourth-order valence-electron chi connectivity index (χ4n) is 2.57. The summed E-state index contributed by atoms with van der Waals surface area (Å²) in [6.07, 6.45) is 1.74. The van der Waals surface area contributed by atoms with Gasteiger partial charge < -0.3 is 9.52 Å². The minimum Gasteiger partial charge on any atom is -0.469 e. The van der Waals surface area contributed by atoms with E-state index in [1.54, 1.807) is 6.26 Å². The second-order valence-corrected chi connectivity index (χ2v) is 5.59. The number of furan rings is 1. The molecule has 0 bridgehead atoms. The van der Waals surface area contributed by atoms with Crippen LogP contribution in [0.15, 0.2) is 57.6 Å². The lowest BCUT2D eigenvalue weighted by Gasteiger charge is -2.14. The summed E-state index contributed by atoms with van der Waals surface area (Å²) in [7, 11) is 0. The lowest BCUT2D eigenvalue weighted by atomic mass is 9.95. The number of halogens is 1. The third kappa shape index (κ3) is 2.17. The van der Waals surface area contributed by atoms with Crippen molar-refractivity contribution in [3.8, 4) is 0 Å². The average Bonchev–Trinajstić information content (AvgIpc) is 2.96. The van der Waals surface area contributed by atoms with Crippen molar-refractivity contribution in [2.24, 2.45) is 0 Å². The zero-order valence-corrected chi connectivity index (χ0v) is 12.7. The maximum atomic E-state index is 10.7. The number of aryl methyl sites for hydroxylation is 1. The molecule has 1 N–H and O–H groups in total. The maximum Gasteiger partial charge on any atom is 0.109 e. The highest BCUT2D eigenvalue weighted by molar-refractivity contribution is 9.10. The van der Waals surface area contributed by atoms with Gasteiger partial charge in [0, 0.05) is 16.5 Å². The molecule has 0 saturated carbocycles. The Kier molecular flexibility index (Phi) is 3.64. The van der Waals surface area contributed by atoms with Gasteiger partial charge in [-0.3, -0.25) is 0 Å². The van der Waals surface area contributed by atoms with E-state index < -0.39 is 6.10 Å². The largest absolute Gasteiger partial charge is 0.469 e. The molecular formula is C17H15BrO2. The third-order valence-electron chi connectivity index (χ3n) is 3.59. The maximum absolute atomic E-state index is 10.7. The molecule has 2 aromatic carbocycles. The van der Waals surface area contributed by atoms with Gasteiger partial charge in [-0.2, -0.15) is 0 Å². The first-order chi connectivity index (χ1) is 9.72. The number of benzene rings is 2. The summed E-state index contributed by atoms with van der Waals surface area (Å²) in [4.78, 5) is 0. The summed E-state index contributed by atoms with van der Waals surface area (Å²) in [6, 6.07) is 13.9. The van der Waals surface area contributed by atoms with Crippen LogP contribution in [0.4, 0.5) is 0 Å². The van der Waals surface area contributed by atoms with Crippen molar-refractivity contribution in [1.82, 2.24) is 0 Å². The van der Waals surface area contributed by atoms with Crippen LogP contribution in [0.25, 0.3) is 10.8 Å². The highest BCUT2D eigenvalue weighted by Gasteiger charge is 2.18. The minimum atomic E-state index is -0.665. The first kappa shape index (κ1) is 13.4. The standard InChI is InChI=1S/C17H15BrO2/c1-2-16-14(9-10-20-16)17(19)13-7-8-15(18)12-6-4-3-5-11(12)13/h3-10,17,19H,2H2,1H3. The Labute approximate surface area is 126 Å². The number of hydrogen-bond donors (Lipinski definition) is 1. The van der Waals surface area contributed by atoms with E-state index in [2.05, 4.69) is 15.9 Å². The van der Waals surface area contributed by atoms with E-state index in [9.17, 15) is 5.11 Å². The molecule has 3 heteroatoms. The normalized spacial score (nSPS) is 12.8. The van der Waals surface area contributed by atoms with Gasteiger partial charge in [0.2, 0.25) is 0 Å². The molecule has 3 rings (SSSR count). The average molecular weight is 331 g/mol. The van der Waals surface area contributed by atoms with Crippen LogP contribution in [-0.4, -0.2) is 5.11 Å². The van der Waals surface area contributed by atoms with Crippen molar-refractivity contribution in [2.75, 3.05) is 0 Å². The first-order valence-electron chi connectivity index (χ1n) is 6.64. The molecule has 102 valence electrons. The minimum absolute atomic E-state index is 0.665. The Morgan fingerprint density at radius 3 is 2.55 bits per heavy atom. The van der Waals surface area contributed by atoms with Gasteiger partial charge in [0.1, 0.15) is 11.9 Å². The molecule has 0 aliphatic rings. The SMILES string of the molecule is CCc1occc1C(O)c1ccc(Br)c2ccccc12. The van der Waals surface area contributed by atoms with Gasteiger partial charge in [-0.05, 0) is 28.5 Å². The zero-order chi connectivity index (χ0) is 14.1. The number of fused-ring (bicyclic) bond motifs is 1. The van der Waals surface area contributed by atoms with E-state index in [1.807, 2.05) is 49.4 Å². The Bertz CT molecular complexity index is 746. The number of aliphatic hydroxyl groups is 1. The molecule has 20 heavy (non-hydrogen) atoms. The van der Waals surface area contributed by atoms with Crippen molar-refractivity contribution >= 4 is 26.7 Å². The number of aliphatic hydroxyl groups excluding tert-OH is 1. The van der Waals surface area contributed by atoms with Crippen molar-refractivity contribution in [1.29, 1.82) is 0 Å². The topological polar surface area (TPSA) is 33.4 Å². The molecular weight excluding hydrogens is 316 g/mol. The van der Waals surface area contributed by atoms with Crippen molar-refractivity contribution in [3.05, 3.63) is 70.1 Å². The van der Waals surface area contributed by atoms with Crippen LogP contribution in [0, 0.1) is 0 Å². The molecule has 0 amide bonds. The van der Waals surface area contributed by atoms with Crippen LogP contribution >= 0.6 is 15.9 Å². The summed E-state index contributed by atoms with van der Waals surface area (Å²) in [5.41, 5.74) is 1.75. The van der Waals surface area contributed by atoms with Crippen LogP contribution in [-0.2, 0) is 6.42 Å². The molecule has 1 unspecified atom stereocenters. The summed E-state index contributed by atoms with van der Waals surface area (Å²) < 4.78 is 6.46. The Morgan fingerprint density at radius 2 is 1.80 bits per heavy atom. The lowest BCUT2D eigenvalue weighted by molar-refractivity contribution is 0.219. The Balaban J connectivity index is 2.17. The molecule has 0 aliphatic carbocycles. The third-order valence-corrected chi connectivity index (χ3v) is 4.29. The molecule has 0 spiro atoms. The van der Waals surface area contributed by atoms with Gasteiger partial charge in [0.05, 0.1) is 6.26 Å². The summed E-state index contributed by atoms with van der Waals surface area (Å²) in [5.74, 6) is 0.837. The highest BCUT2D eigenvalue weighted by atomic mass is 79.9. The molecule has 0 fully saturated rings. The summed E-state index contributed by atoms with van der Waals surface area (Å²) in [6.45, 7) is 2.02. The Hall–Kier alpha value is -1.58. The van der Waals surface area contributed by atoms with E-state index in [0.717, 1.165) is 38.6 Å². The molecule has 0 aliphatic heterocycles. The van der Waals surface area contributed by atoms with Gasteiger partial charge in [-0.25, -0.2) is 0 Å². The lowest BCUT2D eigenvalue weighted by Crippen LogP contribution is -2.02. The highest BCUT2D eigenvalue weighted by Crippen LogP contribution is 2.34. The number of rotatable bonds is 3. The quantitative estimate of drug-likeness (QED) is 0.745. The zero-order valence-electron chi connectivity index (χ0n) is 11.1. The number of hydrogen-bond acceptors (Lipinski definition) is 2. The van der Waals surface area contributed by atoms with Gasteiger partial charge >= 0.3 is 0 Å². The monoisotopic (exact) mass is 330 g/mol. The molecule has 2 nitrogen and oxygen atoms in total. The smallest absolute Gasteiger partial charge is 0.109 e. The van der Waals surface area contributed by atoms with Crippen LogP contribution in [0.5, 0.6) is 0 Å². The molecule has 1 atom stereocenters. The fourth-order valence-corrected chi connectivity index (χ4v) is 3.05. The molecule has 3 aromatic rings. The second-order valence-electron chi connectivity index (χ2n) is 4.74. The van der Waals surface area contributed by atoms with Gasteiger partial charge in [-0.15, -0.1) is 0 Å². The van der Waals surface area contributed by atoms with E-state index in [-0.39, 0.29) is 0 Å². The summed E-state index contributed by atoms with van der Waals surface area (Å²) >= 11 is 3.56. The van der Waals surface area contributed by atoms with Crippen LogP contribution < -0.4 is 0 Å². The molecule has 1 aromatic heterocycles. The van der Waals surface area contributed by atoms with Crippen molar-refractivity contribution in [3.63, 3.8) is 0 Å². The van der Waals surface area contributed by atoms with Gasteiger partial charge in [0.25, 0.3) is 0 Å². The first-order valence-corrected chi connectivity index (χ1v) is 7.43. The fraction of sp³-hybridized carbons (Fsp3) is 0.176. The van der Waals surface area contributed by atoms with E-state index in [4.69, 9.17) is 4.42 Å². The van der Waals surface area contributed by atoms with Crippen LogP contribution in [0.1, 0.15) is 29.9 Å². The van der Waals surface area contributed by atoms with E-state index in [0.29, 0.717) is 0 Å². The molecule has 0 saturated heterocycles. The van der Waals surface area contributed by atoms with Crippen molar-refractivity contribution in [2.45, 2.75) is 19.4 Å². The molecule has 1 heterocycles. The van der Waals surface area contributed by atoms with Gasteiger partial charge in [-0.1, -0.05) is 53.2 Å². The summed E-state index contributed by atoms with van der Waals surface area (Å²) in [5, 5.41) is 12.9. The predicted molar refractivity (Wildman–Crippen MR) is 83.8 cm³/mol. The van der Waals surface area contributed by atoms with E-state index >= 15 is 0 Å². The van der Waals surface area contributed by atoms with Gasteiger partial charge in [0.15, 0.2) is 0 Å². The van der Waals surface area contributed by atoms with Crippen molar-refractivity contribution < 1.29 is 9.52 Å². The predicted octanol–water partition coefficient (Wildman–Crippen LogP) is 4.84. The van der Waals surface area contributed by atoms with E-state index in [1.165, 1.54) is 0 Å². The Morgan fingerprint density at radius 1 is 1.05 bits per heavy atom.